The van der Waals surface area contributed by atoms with Crippen LogP contribution in [0.15, 0.2) is 0 Å². The molecule has 0 radical (unpaired) electrons. The predicted molar refractivity (Wildman–Crippen MR) is 97.3 cm³/mol. The number of carbonyl (C=O) groups is 3. The quantitative estimate of drug-likeness (QED) is 0.769. The Morgan fingerprint density at radius 2 is 1.77 bits per heavy atom. The highest BCUT2D eigenvalue weighted by Crippen LogP contribution is 2.37. The maximum atomic E-state index is 12.9. The number of amides is 4. The molecule has 2 heterocycles. The van der Waals surface area contributed by atoms with E-state index in [1.807, 2.05) is 4.90 Å². The molecular weight excluding hydrogens is 330 g/mol. The summed E-state index contributed by atoms with van der Waals surface area (Å²) in [5.41, 5.74) is -0.750. The summed E-state index contributed by atoms with van der Waals surface area (Å²) in [5.74, 6) is 1.71. The summed E-state index contributed by atoms with van der Waals surface area (Å²) < 4.78 is 0. The minimum absolute atomic E-state index is 0.0706. The van der Waals surface area contributed by atoms with Gasteiger partial charge in [-0.1, -0.05) is 26.2 Å². The molecule has 26 heavy (non-hydrogen) atoms. The molecule has 4 rings (SSSR count). The van der Waals surface area contributed by atoms with Gasteiger partial charge in [0.25, 0.3) is 5.91 Å². The zero-order valence-corrected chi connectivity index (χ0v) is 15.8. The zero-order chi connectivity index (χ0) is 18.3. The number of likely N-dealkylation sites (tertiary alicyclic amines) is 1. The van der Waals surface area contributed by atoms with E-state index < -0.39 is 5.54 Å². The highest BCUT2D eigenvalue weighted by molar-refractivity contribution is 6.09. The van der Waals surface area contributed by atoms with Gasteiger partial charge >= 0.3 is 6.03 Å². The van der Waals surface area contributed by atoms with Crippen molar-refractivity contribution >= 4 is 17.8 Å². The van der Waals surface area contributed by atoms with Gasteiger partial charge in [-0.3, -0.25) is 14.5 Å². The molecule has 0 aromatic heterocycles. The van der Waals surface area contributed by atoms with Gasteiger partial charge < -0.3 is 10.2 Å². The third kappa shape index (κ3) is 3.12. The number of piperidine rings is 1. The number of fused-ring (bicyclic) bond motifs is 1. The van der Waals surface area contributed by atoms with E-state index in [1.54, 1.807) is 0 Å². The molecule has 4 fully saturated rings. The fourth-order valence-electron chi connectivity index (χ4n) is 5.48. The van der Waals surface area contributed by atoms with Gasteiger partial charge in [0.15, 0.2) is 0 Å². The smallest absolute Gasteiger partial charge is 0.325 e. The Bertz CT molecular complexity index is 597. The van der Waals surface area contributed by atoms with Gasteiger partial charge in [-0.2, -0.15) is 0 Å². The predicted octanol–water partition coefficient (Wildman–Crippen LogP) is 2.53. The first-order chi connectivity index (χ1) is 12.5. The minimum Gasteiger partial charge on any atom is -0.341 e. The van der Waals surface area contributed by atoms with E-state index in [1.165, 1.54) is 30.6 Å². The number of nitrogens with zero attached hydrogens (tertiary/aromatic N) is 2. The Morgan fingerprint density at radius 1 is 1.08 bits per heavy atom. The summed E-state index contributed by atoms with van der Waals surface area (Å²) in [4.78, 5) is 41.2. The summed E-state index contributed by atoms with van der Waals surface area (Å²) in [5, 5.41) is 2.91. The Labute approximate surface area is 155 Å². The fourth-order valence-corrected chi connectivity index (χ4v) is 5.48. The lowest BCUT2D eigenvalue weighted by atomic mass is 9.75. The molecule has 1 N–H and O–H groups in total. The van der Waals surface area contributed by atoms with Crippen molar-refractivity contribution in [2.45, 2.75) is 70.3 Å². The first-order valence-corrected chi connectivity index (χ1v) is 10.4. The standard InChI is InChI=1S/C20H31N3O3/c1-14-6-9-20(10-7-14)18(25)23(19(26)21-20)13-17(24)22-11-8-15-4-2-3-5-16(15)12-22/h14-16H,2-13H2,1H3,(H,21,26)/t14?,15-,16-,20?/m1/s1. The molecule has 144 valence electrons. The first kappa shape index (κ1) is 17.8. The molecule has 4 amide bonds. The fraction of sp³-hybridized carbons (Fsp3) is 0.850. The van der Waals surface area contributed by atoms with Crippen molar-refractivity contribution in [2.24, 2.45) is 17.8 Å². The van der Waals surface area contributed by atoms with Crippen LogP contribution in [0.2, 0.25) is 0 Å². The van der Waals surface area contributed by atoms with Crippen molar-refractivity contribution in [3.05, 3.63) is 0 Å². The number of carbonyl (C=O) groups excluding carboxylic acids is 3. The van der Waals surface area contributed by atoms with Gasteiger partial charge in [-0.15, -0.1) is 0 Å². The van der Waals surface area contributed by atoms with Crippen molar-refractivity contribution in [3.63, 3.8) is 0 Å². The number of nitrogens with one attached hydrogen (secondary N) is 1. The number of imide groups is 1. The van der Waals surface area contributed by atoms with Crippen LogP contribution in [-0.2, 0) is 9.59 Å². The maximum Gasteiger partial charge on any atom is 0.325 e. The maximum absolute atomic E-state index is 12.9. The monoisotopic (exact) mass is 361 g/mol. The largest absolute Gasteiger partial charge is 0.341 e. The molecular formula is C20H31N3O3. The van der Waals surface area contributed by atoms with Gasteiger partial charge in [-0.05, 0) is 56.3 Å². The molecule has 2 atom stereocenters. The summed E-state index contributed by atoms with van der Waals surface area (Å²) in [6, 6.07) is -0.384. The normalized spacial score (nSPS) is 37.7. The molecule has 4 aliphatic rings. The third-order valence-corrected chi connectivity index (χ3v) is 7.31. The second-order valence-electron chi connectivity index (χ2n) is 9.02. The van der Waals surface area contributed by atoms with E-state index in [-0.39, 0.29) is 24.4 Å². The van der Waals surface area contributed by atoms with E-state index >= 15 is 0 Å². The highest BCUT2D eigenvalue weighted by atomic mass is 16.2. The van der Waals surface area contributed by atoms with Crippen LogP contribution in [0.25, 0.3) is 0 Å². The van der Waals surface area contributed by atoms with Crippen molar-refractivity contribution in [1.29, 1.82) is 0 Å². The summed E-state index contributed by atoms with van der Waals surface area (Å²) in [6.07, 6.45) is 9.42. The third-order valence-electron chi connectivity index (χ3n) is 7.31. The van der Waals surface area contributed by atoms with Crippen LogP contribution in [0.3, 0.4) is 0 Å². The molecule has 2 aliphatic heterocycles. The Hall–Kier alpha value is -1.59. The molecule has 0 aromatic carbocycles. The molecule has 0 aromatic rings. The Kier molecular flexibility index (Phi) is 4.70. The molecule has 6 heteroatoms. The van der Waals surface area contributed by atoms with Crippen LogP contribution in [0.4, 0.5) is 4.79 Å². The number of hydrogen-bond acceptors (Lipinski definition) is 3. The average molecular weight is 361 g/mol. The van der Waals surface area contributed by atoms with E-state index in [9.17, 15) is 14.4 Å². The van der Waals surface area contributed by atoms with Crippen molar-refractivity contribution in [2.75, 3.05) is 19.6 Å². The van der Waals surface area contributed by atoms with Gasteiger partial charge in [0, 0.05) is 13.1 Å². The number of hydrogen-bond donors (Lipinski definition) is 1. The van der Waals surface area contributed by atoms with Gasteiger partial charge in [0.05, 0.1) is 0 Å². The number of urea groups is 1. The van der Waals surface area contributed by atoms with Crippen molar-refractivity contribution in [3.8, 4) is 0 Å². The lowest BCUT2D eigenvalue weighted by molar-refractivity contribution is -0.141. The van der Waals surface area contributed by atoms with E-state index in [0.717, 1.165) is 38.3 Å². The Morgan fingerprint density at radius 3 is 2.50 bits per heavy atom. The molecule has 0 unspecified atom stereocenters. The van der Waals surface area contributed by atoms with Crippen molar-refractivity contribution in [1.82, 2.24) is 15.1 Å². The summed E-state index contributed by atoms with van der Waals surface area (Å²) in [7, 11) is 0. The van der Waals surface area contributed by atoms with E-state index in [4.69, 9.17) is 0 Å². The van der Waals surface area contributed by atoms with Crippen LogP contribution in [0, 0.1) is 17.8 Å². The van der Waals surface area contributed by atoms with Gasteiger partial charge in [-0.25, -0.2) is 4.79 Å². The summed E-state index contributed by atoms with van der Waals surface area (Å²) in [6.45, 7) is 3.66. The first-order valence-electron chi connectivity index (χ1n) is 10.4. The average Bonchev–Trinajstić information content (AvgIpc) is 2.88. The van der Waals surface area contributed by atoms with Gasteiger partial charge in [0.2, 0.25) is 5.91 Å². The number of rotatable bonds is 2. The minimum atomic E-state index is -0.750. The van der Waals surface area contributed by atoms with Crippen LogP contribution in [0.1, 0.15) is 64.7 Å². The molecule has 2 saturated carbocycles. The topological polar surface area (TPSA) is 69.7 Å². The SMILES string of the molecule is CC1CCC2(CC1)NC(=O)N(CC(=O)N1CC[C@H]3CCCC[C@@H]3C1)C2=O. The second-order valence-corrected chi connectivity index (χ2v) is 9.02. The van der Waals surface area contributed by atoms with E-state index in [2.05, 4.69) is 12.2 Å². The lowest BCUT2D eigenvalue weighted by Gasteiger charge is -2.41. The molecule has 2 saturated heterocycles. The highest BCUT2D eigenvalue weighted by Gasteiger charge is 2.52. The van der Waals surface area contributed by atoms with Crippen LogP contribution >= 0.6 is 0 Å². The van der Waals surface area contributed by atoms with Crippen LogP contribution < -0.4 is 5.32 Å². The van der Waals surface area contributed by atoms with Crippen LogP contribution in [-0.4, -0.2) is 52.8 Å². The van der Waals surface area contributed by atoms with Gasteiger partial charge in [0.1, 0.15) is 12.1 Å². The summed E-state index contributed by atoms with van der Waals surface area (Å²) >= 11 is 0. The Balaban J connectivity index is 1.38. The van der Waals surface area contributed by atoms with E-state index in [0.29, 0.717) is 24.7 Å². The zero-order valence-electron chi connectivity index (χ0n) is 15.8. The lowest BCUT2D eigenvalue weighted by Crippen LogP contribution is -2.51. The van der Waals surface area contributed by atoms with Crippen LogP contribution in [0.5, 0.6) is 0 Å². The molecule has 1 spiro atoms. The molecule has 0 bridgehead atoms. The molecule has 6 nitrogen and oxygen atoms in total. The van der Waals surface area contributed by atoms with Crippen molar-refractivity contribution < 1.29 is 14.4 Å². The molecule has 2 aliphatic carbocycles. The second kappa shape index (κ2) is 6.86.